The van der Waals surface area contributed by atoms with Gasteiger partial charge >= 0.3 is 0 Å². The number of nitrogens with zero attached hydrogens (tertiary/aromatic N) is 1. The van der Waals surface area contributed by atoms with Gasteiger partial charge in [-0.3, -0.25) is 4.90 Å². The average molecular weight is 222 g/mol. The molecule has 1 heterocycles. The minimum Gasteiger partial charge on any atom is -0.323 e. The Morgan fingerprint density at radius 2 is 1.69 bits per heavy atom. The van der Waals surface area contributed by atoms with Gasteiger partial charge in [0.25, 0.3) is 0 Å². The van der Waals surface area contributed by atoms with Gasteiger partial charge in [-0.05, 0) is 45.7 Å². The Kier molecular flexibility index (Phi) is 3.70. The number of likely N-dealkylation sites (tertiary alicyclic amines) is 1. The Hall–Kier alpha value is -0.340. The fourth-order valence-electron chi connectivity index (χ4n) is 3.61. The fourth-order valence-corrected chi connectivity index (χ4v) is 3.61. The second-order valence-corrected chi connectivity index (χ2v) is 5.68. The van der Waals surface area contributed by atoms with E-state index < -0.39 is 0 Å². The van der Waals surface area contributed by atoms with Crippen LogP contribution in [-0.2, 0) is 0 Å². The zero-order valence-corrected chi connectivity index (χ0v) is 10.7. The molecule has 0 aromatic rings. The molecule has 1 atom stereocenters. The summed E-state index contributed by atoms with van der Waals surface area (Å²) in [5, 5.41) is 0. The highest BCUT2D eigenvalue weighted by Gasteiger charge is 2.44. The summed E-state index contributed by atoms with van der Waals surface area (Å²) < 4.78 is 0. The molecule has 0 aromatic carbocycles. The predicted molar refractivity (Wildman–Crippen MR) is 69.4 cm³/mol. The first kappa shape index (κ1) is 12.1. The lowest BCUT2D eigenvalue weighted by Gasteiger charge is -2.47. The van der Waals surface area contributed by atoms with Crippen molar-refractivity contribution in [3.05, 3.63) is 12.2 Å². The second kappa shape index (κ2) is 4.89. The molecule has 2 nitrogen and oxygen atoms in total. The largest absolute Gasteiger partial charge is 0.323 e. The van der Waals surface area contributed by atoms with Crippen molar-refractivity contribution in [2.24, 2.45) is 5.73 Å². The smallest absolute Gasteiger partial charge is 0.0436 e. The molecule has 1 saturated heterocycles. The van der Waals surface area contributed by atoms with Crippen molar-refractivity contribution in [3.63, 3.8) is 0 Å². The molecular formula is C14H26N2. The summed E-state index contributed by atoms with van der Waals surface area (Å²) in [5.74, 6) is 0. The zero-order valence-electron chi connectivity index (χ0n) is 10.7. The van der Waals surface area contributed by atoms with Crippen LogP contribution in [0.5, 0.6) is 0 Å². The molecule has 2 aliphatic rings. The maximum atomic E-state index is 6.45. The molecule has 2 fully saturated rings. The van der Waals surface area contributed by atoms with Crippen molar-refractivity contribution < 1.29 is 0 Å². The minimum atomic E-state index is 0.174. The van der Waals surface area contributed by atoms with Crippen LogP contribution in [0.2, 0.25) is 0 Å². The third-order valence-electron chi connectivity index (χ3n) is 4.57. The summed E-state index contributed by atoms with van der Waals surface area (Å²) in [4.78, 5) is 2.68. The standard InChI is InChI=1S/C14H26N2/c1-12(2)13(15)14(8-4-5-9-14)16-10-6-3-7-11-16/h13H,1,3-11,15H2,2H3. The molecule has 1 unspecified atom stereocenters. The Labute approximate surface area is 99.9 Å². The summed E-state index contributed by atoms with van der Waals surface area (Å²) in [6.45, 7) is 8.68. The first-order chi connectivity index (χ1) is 7.67. The first-order valence-electron chi connectivity index (χ1n) is 6.83. The third-order valence-corrected chi connectivity index (χ3v) is 4.57. The fraction of sp³-hybridized carbons (Fsp3) is 0.857. The van der Waals surface area contributed by atoms with E-state index in [2.05, 4.69) is 18.4 Å². The van der Waals surface area contributed by atoms with E-state index >= 15 is 0 Å². The topological polar surface area (TPSA) is 29.3 Å². The normalized spacial score (nSPS) is 27.9. The minimum absolute atomic E-state index is 0.174. The van der Waals surface area contributed by atoms with E-state index in [-0.39, 0.29) is 11.6 Å². The van der Waals surface area contributed by atoms with Crippen LogP contribution in [0, 0.1) is 0 Å². The quantitative estimate of drug-likeness (QED) is 0.744. The van der Waals surface area contributed by atoms with Crippen molar-refractivity contribution in [2.75, 3.05) is 13.1 Å². The summed E-state index contributed by atoms with van der Waals surface area (Å²) >= 11 is 0. The lowest BCUT2D eigenvalue weighted by Crippen LogP contribution is -2.60. The van der Waals surface area contributed by atoms with Gasteiger partial charge in [0, 0.05) is 11.6 Å². The third kappa shape index (κ3) is 2.05. The van der Waals surface area contributed by atoms with Crippen LogP contribution in [0.25, 0.3) is 0 Å². The number of piperidine rings is 1. The van der Waals surface area contributed by atoms with Crippen LogP contribution in [0.3, 0.4) is 0 Å². The second-order valence-electron chi connectivity index (χ2n) is 5.68. The summed E-state index contributed by atoms with van der Waals surface area (Å²) in [6.07, 6.45) is 9.35. The lowest BCUT2D eigenvalue weighted by molar-refractivity contribution is 0.0574. The summed E-state index contributed by atoms with van der Waals surface area (Å²) in [6, 6.07) is 0.174. The van der Waals surface area contributed by atoms with E-state index in [1.54, 1.807) is 0 Å². The van der Waals surface area contributed by atoms with Gasteiger partial charge in [0.1, 0.15) is 0 Å². The van der Waals surface area contributed by atoms with Crippen molar-refractivity contribution >= 4 is 0 Å². The Balaban J connectivity index is 2.16. The molecular weight excluding hydrogens is 196 g/mol. The van der Waals surface area contributed by atoms with Crippen LogP contribution in [0.1, 0.15) is 51.9 Å². The molecule has 2 heteroatoms. The number of nitrogens with two attached hydrogens (primary N) is 1. The van der Waals surface area contributed by atoms with Gasteiger partial charge in [-0.25, -0.2) is 0 Å². The summed E-state index contributed by atoms with van der Waals surface area (Å²) in [7, 11) is 0. The average Bonchev–Trinajstić information content (AvgIpc) is 2.79. The molecule has 1 saturated carbocycles. The van der Waals surface area contributed by atoms with Gasteiger partial charge in [0.05, 0.1) is 0 Å². The molecule has 1 aliphatic heterocycles. The van der Waals surface area contributed by atoms with Gasteiger partial charge < -0.3 is 5.73 Å². The van der Waals surface area contributed by atoms with Crippen molar-refractivity contribution in [1.29, 1.82) is 0 Å². The van der Waals surface area contributed by atoms with E-state index in [9.17, 15) is 0 Å². The van der Waals surface area contributed by atoms with E-state index in [1.165, 1.54) is 58.0 Å². The first-order valence-corrected chi connectivity index (χ1v) is 6.83. The van der Waals surface area contributed by atoms with Crippen molar-refractivity contribution in [2.45, 2.75) is 63.5 Å². The van der Waals surface area contributed by atoms with Crippen LogP contribution in [0.15, 0.2) is 12.2 Å². The molecule has 2 N–H and O–H groups in total. The van der Waals surface area contributed by atoms with E-state index in [4.69, 9.17) is 5.73 Å². The monoisotopic (exact) mass is 222 g/mol. The number of hydrogen-bond acceptors (Lipinski definition) is 2. The van der Waals surface area contributed by atoms with Gasteiger partial charge in [0.15, 0.2) is 0 Å². The SMILES string of the molecule is C=C(C)C(N)C1(N2CCCCC2)CCCC1. The Morgan fingerprint density at radius 1 is 1.12 bits per heavy atom. The molecule has 0 bridgehead atoms. The van der Waals surface area contributed by atoms with E-state index in [0.717, 1.165) is 5.57 Å². The maximum Gasteiger partial charge on any atom is 0.0436 e. The van der Waals surface area contributed by atoms with Gasteiger partial charge in [0.2, 0.25) is 0 Å². The molecule has 0 radical (unpaired) electrons. The highest BCUT2D eigenvalue weighted by atomic mass is 15.2. The molecule has 2 rings (SSSR count). The number of hydrogen-bond donors (Lipinski definition) is 1. The highest BCUT2D eigenvalue weighted by Crippen LogP contribution is 2.40. The van der Waals surface area contributed by atoms with Crippen LogP contribution in [-0.4, -0.2) is 29.6 Å². The summed E-state index contributed by atoms with van der Waals surface area (Å²) in [5.41, 5.74) is 7.86. The molecule has 1 aliphatic carbocycles. The molecule has 0 aromatic heterocycles. The predicted octanol–water partition coefficient (Wildman–Crippen LogP) is 2.69. The van der Waals surface area contributed by atoms with Gasteiger partial charge in [-0.2, -0.15) is 0 Å². The lowest BCUT2D eigenvalue weighted by atomic mass is 9.82. The zero-order chi connectivity index (χ0) is 11.6. The van der Waals surface area contributed by atoms with Gasteiger partial charge in [-0.1, -0.05) is 31.4 Å². The van der Waals surface area contributed by atoms with Crippen molar-refractivity contribution in [3.8, 4) is 0 Å². The van der Waals surface area contributed by atoms with Crippen LogP contribution in [0.4, 0.5) is 0 Å². The van der Waals surface area contributed by atoms with Gasteiger partial charge in [-0.15, -0.1) is 0 Å². The van der Waals surface area contributed by atoms with E-state index in [1.807, 2.05) is 0 Å². The van der Waals surface area contributed by atoms with Crippen LogP contribution < -0.4 is 5.73 Å². The highest BCUT2D eigenvalue weighted by molar-refractivity contribution is 5.15. The Morgan fingerprint density at radius 3 is 2.19 bits per heavy atom. The van der Waals surface area contributed by atoms with Crippen LogP contribution >= 0.6 is 0 Å². The molecule has 0 amide bonds. The number of rotatable bonds is 3. The molecule has 16 heavy (non-hydrogen) atoms. The molecule has 92 valence electrons. The Bertz CT molecular complexity index is 247. The van der Waals surface area contributed by atoms with Crippen molar-refractivity contribution in [1.82, 2.24) is 4.90 Å². The molecule has 0 spiro atoms. The van der Waals surface area contributed by atoms with E-state index in [0.29, 0.717) is 0 Å². The maximum absolute atomic E-state index is 6.45.